The molecule has 0 aromatic carbocycles. The summed E-state index contributed by atoms with van der Waals surface area (Å²) in [5.74, 6) is -9.77. The summed E-state index contributed by atoms with van der Waals surface area (Å²) in [6.45, 7) is 30.0. The van der Waals surface area contributed by atoms with Gasteiger partial charge in [0.05, 0.1) is 19.8 Å². The zero-order valence-electron chi connectivity index (χ0n) is 80.0. The average molecular weight is 1880 g/mol. The van der Waals surface area contributed by atoms with E-state index in [-0.39, 0.29) is 19.4 Å². The highest BCUT2D eigenvalue weighted by molar-refractivity contribution is 7.61. The van der Waals surface area contributed by atoms with Crippen LogP contribution in [0.1, 0.15) is 285 Å². The number of carboxylic acid groups (broad SMARTS) is 2. The van der Waals surface area contributed by atoms with Gasteiger partial charge in [-0.1, -0.05) is 128 Å². The highest BCUT2D eigenvalue weighted by atomic mass is 31.3. The smallest absolute Gasteiger partial charge is 0.481 e. The van der Waals surface area contributed by atoms with Crippen molar-refractivity contribution in [3.63, 3.8) is 0 Å². The molecule has 34 nitrogen and oxygen atoms in total. The van der Waals surface area contributed by atoms with Crippen LogP contribution >= 0.6 is 15.6 Å². The number of hydrogen-bond acceptors (Lipinski definition) is 23. The normalized spacial score (nSPS) is 22.4. The van der Waals surface area contributed by atoms with Crippen LogP contribution in [0.4, 0.5) is 0 Å². The Morgan fingerprint density at radius 3 is 1.15 bits per heavy atom. The van der Waals surface area contributed by atoms with Gasteiger partial charge in [-0.15, -0.1) is 0 Å². The lowest BCUT2D eigenvalue weighted by Crippen LogP contribution is -2.70. The maximum absolute atomic E-state index is 14.3. The van der Waals surface area contributed by atoms with Crippen LogP contribution in [0.25, 0.3) is 0 Å². The fourth-order valence-electron chi connectivity index (χ4n) is 14.0. The molecule has 17 N–H and O–H groups in total. The Balaban J connectivity index is 2.12. The number of aliphatic hydroxyl groups is 4. The molecule has 0 radical (unpaired) electrons. The Morgan fingerprint density at radius 2 is 0.762 bits per heavy atom. The van der Waals surface area contributed by atoms with Crippen LogP contribution in [-0.4, -0.2) is 218 Å². The van der Waals surface area contributed by atoms with Crippen molar-refractivity contribution in [2.75, 3.05) is 26.4 Å². The van der Waals surface area contributed by atoms with E-state index in [0.29, 0.717) is 19.3 Å². The van der Waals surface area contributed by atoms with Crippen molar-refractivity contribution in [2.24, 2.45) is 5.73 Å². The Kier molecular flexibility index (Phi) is 57.8. The summed E-state index contributed by atoms with van der Waals surface area (Å²) in [6.07, 6.45) is 26.6. The Hall–Kier alpha value is -7.73. The van der Waals surface area contributed by atoms with Gasteiger partial charge in [0.2, 0.25) is 41.4 Å². The van der Waals surface area contributed by atoms with Crippen LogP contribution in [0.3, 0.4) is 0 Å². The number of hydrogen-bond donors (Lipinski definition) is 16. The quantitative estimate of drug-likeness (QED) is 0.0153. The Morgan fingerprint density at radius 1 is 0.408 bits per heavy atom. The van der Waals surface area contributed by atoms with E-state index < -0.39 is 199 Å². The second-order valence-corrected chi connectivity index (χ2v) is 37.7. The van der Waals surface area contributed by atoms with Crippen molar-refractivity contribution in [1.29, 1.82) is 0 Å². The zero-order valence-corrected chi connectivity index (χ0v) is 81.8. The van der Waals surface area contributed by atoms with Crippen molar-refractivity contribution in [3.05, 3.63) is 128 Å². The first-order valence-corrected chi connectivity index (χ1v) is 48.4. The topological polar surface area (TPSA) is 524 Å². The third-order valence-corrected chi connectivity index (χ3v) is 24.6. The summed E-state index contributed by atoms with van der Waals surface area (Å²) in [5, 5.41) is 78.4. The van der Waals surface area contributed by atoms with Gasteiger partial charge in [-0.3, -0.25) is 52.2 Å². The van der Waals surface area contributed by atoms with Crippen LogP contribution in [0.15, 0.2) is 128 Å². The third kappa shape index (κ3) is 50.4. The van der Waals surface area contributed by atoms with Crippen molar-refractivity contribution in [1.82, 2.24) is 37.2 Å². The summed E-state index contributed by atoms with van der Waals surface area (Å²) < 4.78 is 66.5. The number of allylic oxidation sites excluding steroid dienone is 21. The number of nitrogens with one attached hydrogen (secondary N) is 7. The minimum absolute atomic E-state index is 0.0820. The number of aliphatic hydroxyl groups excluding tert-OH is 4. The van der Waals surface area contributed by atoms with E-state index in [9.17, 15) is 92.7 Å². The summed E-state index contributed by atoms with van der Waals surface area (Å²) in [5.41, 5.74) is 20.4. The van der Waals surface area contributed by atoms with Crippen molar-refractivity contribution < 1.29 is 125 Å². The molecule has 130 heavy (non-hydrogen) atoms. The Bertz CT molecular complexity index is 4070. The second kappa shape index (κ2) is 63.5. The SMILES string of the molecule is CC(=O)NC1C(OC2C(CO)OC(OP(=O)(O)OP(=O)(O)OCC=C(C)CCC=C(C)CCC=C(C)CCC=C(C)CCC=C(C)CCC=C(C)CCC=C(C)CCC=C(C)CCC=C(C)CCC=C(C)CCC=C(C)C)C(NC(C)=O)C2OC(C)C(=O)NC(C)C(=O)NC(CCC(=O)O)C(=O)NC(CCCCN)C(=O)NC(C)C(=O)NC(C)C(=O)O)OC(CO)C(O)C1O. The predicted molar refractivity (Wildman–Crippen MR) is 499 cm³/mol. The van der Waals surface area contributed by atoms with Gasteiger partial charge in [-0.25, -0.2) is 9.13 Å². The molecule has 0 aromatic rings. The van der Waals surface area contributed by atoms with Gasteiger partial charge in [0.25, 0.3) is 0 Å². The summed E-state index contributed by atoms with van der Waals surface area (Å²) in [7, 11) is -11.5. The number of nitrogens with two attached hydrogens (primary N) is 1. The number of rotatable bonds is 63. The molecule has 2 fully saturated rings. The van der Waals surface area contributed by atoms with Gasteiger partial charge in [-0.05, 0) is 271 Å². The molecule has 0 saturated carbocycles. The van der Waals surface area contributed by atoms with Crippen molar-refractivity contribution in [3.8, 4) is 0 Å². The third-order valence-electron chi connectivity index (χ3n) is 22.0. The highest BCUT2D eigenvalue weighted by Gasteiger charge is 2.55. The highest BCUT2D eigenvalue weighted by Crippen LogP contribution is 2.61. The lowest BCUT2D eigenvalue weighted by Gasteiger charge is -2.49. The fraction of sp³-hybridized carbons (Fsp3) is 0.670. The average Bonchev–Trinajstić information content (AvgIpc) is 0.764. The van der Waals surface area contributed by atoms with Crippen molar-refractivity contribution in [2.45, 2.75) is 383 Å². The van der Waals surface area contributed by atoms with E-state index in [1.165, 1.54) is 70.1 Å². The van der Waals surface area contributed by atoms with E-state index in [2.05, 4.69) is 172 Å². The number of carbonyl (C=O) groups is 9. The first kappa shape index (κ1) is 118. The molecule has 7 amide bonds. The minimum Gasteiger partial charge on any atom is -0.481 e. The van der Waals surface area contributed by atoms with Crippen LogP contribution in [0.2, 0.25) is 0 Å². The largest absolute Gasteiger partial charge is 0.483 e. The van der Waals surface area contributed by atoms with E-state index in [4.69, 9.17) is 33.7 Å². The molecule has 36 heteroatoms. The van der Waals surface area contributed by atoms with E-state index in [1.807, 2.05) is 6.92 Å². The van der Waals surface area contributed by atoms with Gasteiger partial charge in [0.15, 0.2) is 12.6 Å². The maximum atomic E-state index is 14.3. The Labute approximate surface area is 770 Å². The molecule has 18 atom stereocenters. The van der Waals surface area contributed by atoms with Crippen LogP contribution in [0.5, 0.6) is 0 Å². The second-order valence-electron chi connectivity index (χ2n) is 34.7. The standard InChI is InChI=1S/C94H156N8O26P2/c1-59(2)31-21-32-60(3)33-22-34-61(4)35-23-36-62(5)37-24-38-63(6)39-25-40-64(7)41-26-42-65(8)43-27-44-66(9)45-28-46-67(10)47-29-48-68(11)49-30-50-69(12)54-56-122-129(118,119)128-130(120,121)127-94-82(100-75(18)106)86(85(79(58-104)125-94)126-93-81(99-74(17)105)84(110)83(109)78(57-103)124-93)123-73(16)89(113)96-71(14)88(112)101-77(52-53-80(107)108)91(115)102-76(51-19-20-55-95)90(114)97-70(13)87(111)98-72(15)92(116)117/h31,33,35,37,39,41,43,45,47,49,54,70-73,76-79,81-86,93-94,103-104,109-110H,19-30,32,34,36,38,40,42,44,46,48,50-53,55-58,95H2,1-18H3,(H,96,113)(H,97,114)(H,98,111)(H,99,105)(H,100,106)(H,101,112)(H,102,115)(H,107,108)(H,116,117)(H,118,119)(H,120,121). The van der Waals surface area contributed by atoms with Crippen molar-refractivity contribution >= 4 is 68.9 Å². The first-order valence-electron chi connectivity index (χ1n) is 45.4. The van der Waals surface area contributed by atoms with Gasteiger partial charge < -0.3 is 102 Å². The summed E-state index contributed by atoms with van der Waals surface area (Å²) in [4.78, 5) is 139. The minimum atomic E-state index is -5.96. The van der Waals surface area contributed by atoms with Crippen LogP contribution < -0.4 is 43.0 Å². The van der Waals surface area contributed by atoms with Gasteiger partial charge in [0.1, 0.15) is 85.0 Å². The number of ether oxygens (including phenoxy) is 4. The summed E-state index contributed by atoms with van der Waals surface area (Å²) in [6, 6.07) is -11.2. The number of carbonyl (C=O) groups excluding carboxylic acids is 7. The molecule has 2 aliphatic heterocycles. The number of aliphatic carboxylic acids is 2. The van der Waals surface area contributed by atoms with Gasteiger partial charge >= 0.3 is 27.6 Å². The molecule has 0 aromatic heterocycles. The van der Waals surface area contributed by atoms with Gasteiger partial charge in [0, 0.05) is 20.3 Å². The number of amides is 7. The number of phosphoric acid groups is 2. The monoisotopic (exact) mass is 1880 g/mol. The van der Waals surface area contributed by atoms with E-state index in [1.54, 1.807) is 6.92 Å². The molecule has 0 bridgehead atoms. The lowest BCUT2D eigenvalue weighted by atomic mass is 9.94. The molecule has 2 aliphatic rings. The number of carboxylic acids is 2. The van der Waals surface area contributed by atoms with Crippen LogP contribution in [-0.2, 0) is 84.6 Å². The predicted octanol–water partition coefficient (Wildman–Crippen LogP) is 12.4. The fourth-order valence-corrected chi connectivity index (χ4v) is 16.1. The molecular formula is C94H156N8O26P2. The number of unbranched alkanes of at least 4 members (excludes halogenated alkanes) is 1. The van der Waals surface area contributed by atoms with E-state index in [0.717, 1.165) is 154 Å². The van der Waals surface area contributed by atoms with Crippen LogP contribution in [0, 0.1) is 0 Å². The molecule has 2 rings (SSSR count). The number of phosphoric ester groups is 2. The molecule has 0 aliphatic carbocycles. The zero-order chi connectivity index (χ0) is 98.0. The maximum Gasteiger partial charge on any atom is 0.483 e. The van der Waals surface area contributed by atoms with E-state index >= 15 is 0 Å². The molecule has 2 heterocycles. The molecule has 0 spiro atoms. The summed E-state index contributed by atoms with van der Waals surface area (Å²) >= 11 is 0. The lowest BCUT2D eigenvalue weighted by molar-refractivity contribution is -0.331. The molecular weight excluding hydrogens is 1720 g/mol. The molecule has 738 valence electrons. The van der Waals surface area contributed by atoms with Gasteiger partial charge in [-0.2, -0.15) is 4.31 Å². The molecule has 18 unspecified atom stereocenters. The molecule has 2 saturated heterocycles. The first-order chi connectivity index (χ1) is 61.1.